The van der Waals surface area contributed by atoms with Crippen molar-refractivity contribution in [2.75, 3.05) is 13.7 Å². The third-order valence-corrected chi connectivity index (χ3v) is 3.00. The number of methoxy groups -OCH3 is 1. The highest BCUT2D eigenvalue weighted by Gasteiger charge is 2.45. The molecule has 1 nitrogen and oxygen atoms in total. The molecule has 60 valence electrons. The highest BCUT2D eigenvalue weighted by molar-refractivity contribution is 6.21. The van der Waals surface area contributed by atoms with Crippen LogP contribution in [0.4, 0.5) is 0 Å². The summed E-state index contributed by atoms with van der Waals surface area (Å²) in [6, 6.07) is 0. The number of rotatable bonds is 4. The summed E-state index contributed by atoms with van der Waals surface area (Å²) in [5.74, 6) is 0. The van der Waals surface area contributed by atoms with Crippen molar-refractivity contribution in [3.8, 4) is 0 Å². The van der Waals surface area contributed by atoms with Crippen molar-refractivity contribution in [3.05, 3.63) is 0 Å². The molecule has 0 amide bonds. The fraction of sp³-hybridized carbons (Fsp3) is 1.00. The molecule has 1 rings (SSSR count). The van der Waals surface area contributed by atoms with Crippen molar-refractivity contribution in [1.82, 2.24) is 0 Å². The molecule has 0 aromatic heterocycles. The molecular formula is C8H15ClO. The number of halogens is 1. The Morgan fingerprint density at radius 2 is 2.20 bits per heavy atom. The van der Waals surface area contributed by atoms with Crippen LogP contribution in [0.5, 0.6) is 0 Å². The fourth-order valence-electron chi connectivity index (χ4n) is 1.31. The van der Waals surface area contributed by atoms with Crippen LogP contribution in [0, 0.1) is 5.41 Å². The van der Waals surface area contributed by atoms with E-state index in [1.165, 1.54) is 12.8 Å². The average molecular weight is 163 g/mol. The van der Waals surface area contributed by atoms with Crippen molar-refractivity contribution in [3.63, 3.8) is 0 Å². The van der Waals surface area contributed by atoms with E-state index in [0.717, 1.165) is 13.0 Å². The lowest BCUT2D eigenvalue weighted by molar-refractivity contribution is 0.172. The predicted molar refractivity (Wildman–Crippen MR) is 43.5 cm³/mol. The van der Waals surface area contributed by atoms with Crippen LogP contribution in [-0.2, 0) is 4.74 Å². The van der Waals surface area contributed by atoms with E-state index in [9.17, 15) is 0 Å². The van der Waals surface area contributed by atoms with Gasteiger partial charge in [-0.2, -0.15) is 0 Å². The molecule has 0 spiro atoms. The second-order valence-corrected chi connectivity index (χ2v) is 3.88. The van der Waals surface area contributed by atoms with Crippen LogP contribution in [0.3, 0.4) is 0 Å². The van der Waals surface area contributed by atoms with Gasteiger partial charge in [0.25, 0.3) is 0 Å². The van der Waals surface area contributed by atoms with Crippen LogP contribution < -0.4 is 0 Å². The Morgan fingerprint density at radius 1 is 1.60 bits per heavy atom. The minimum Gasteiger partial charge on any atom is -0.385 e. The van der Waals surface area contributed by atoms with Crippen LogP contribution in [0.2, 0.25) is 0 Å². The summed E-state index contributed by atoms with van der Waals surface area (Å²) in [7, 11) is 1.75. The molecule has 1 fully saturated rings. The van der Waals surface area contributed by atoms with Gasteiger partial charge in [0.05, 0.1) is 0 Å². The quantitative estimate of drug-likeness (QED) is 0.577. The number of hydrogen-bond donors (Lipinski definition) is 0. The topological polar surface area (TPSA) is 9.23 Å². The molecule has 0 aromatic carbocycles. The molecule has 0 aliphatic heterocycles. The van der Waals surface area contributed by atoms with E-state index in [-0.39, 0.29) is 0 Å². The van der Waals surface area contributed by atoms with Crippen LogP contribution in [0.25, 0.3) is 0 Å². The molecule has 1 unspecified atom stereocenters. The fourth-order valence-corrected chi connectivity index (χ4v) is 1.64. The Balaban J connectivity index is 2.24. The summed E-state index contributed by atoms with van der Waals surface area (Å²) < 4.78 is 5.01. The van der Waals surface area contributed by atoms with Gasteiger partial charge < -0.3 is 4.74 Å². The van der Waals surface area contributed by atoms with E-state index in [1.54, 1.807) is 7.11 Å². The Kier molecular flexibility index (Phi) is 2.59. The molecular weight excluding hydrogens is 148 g/mol. The molecule has 2 heteroatoms. The summed E-state index contributed by atoms with van der Waals surface area (Å²) in [5.41, 5.74) is 0.442. The van der Waals surface area contributed by atoms with E-state index < -0.39 is 0 Å². The van der Waals surface area contributed by atoms with Crippen molar-refractivity contribution in [1.29, 1.82) is 0 Å². The average Bonchev–Trinajstić information content (AvgIpc) is 2.64. The lowest BCUT2D eigenvalue weighted by Crippen LogP contribution is -2.14. The Labute approximate surface area is 67.7 Å². The maximum atomic E-state index is 6.01. The highest BCUT2D eigenvalue weighted by atomic mass is 35.5. The minimum absolute atomic E-state index is 0.322. The Bertz CT molecular complexity index is 108. The van der Waals surface area contributed by atoms with Gasteiger partial charge in [-0.05, 0) is 31.6 Å². The normalized spacial score (nSPS) is 24.3. The van der Waals surface area contributed by atoms with Gasteiger partial charge in [-0.15, -0.1) is 11.6 Å². The van der Waals surface area contributed by atoms with E-state index in [1.807, 2.05) is 0 Å². The summed E-state index contributed by atoms with van der Waals surface area (Å²) in [6.07, 6.45) is 3.72. The van der Waals surface area contributed by atoms with Gasteiger partial charge >= 0.3 is 0 Å². The molecule has 1 saturated carbocycles. The Morgan fingerprint density at radius 3 is 2.50 bits per heavy atom. The maximum absolute atomic E-state index is 6.01. The Hall–Kier alpha value is 0.250. The SMILES string of the molecule is COCCC1(C(C)Cl)CC1. The van der Waals surface area contributed by atoms with Crippen LogP contribution in [0.15, 0.2) is 0 Å². The summed E-state index contributed by atoms with van der Waals surface area (Å²) in [4.78, 5) is 0. The molecule has 1 aliphatic rings. The van der Waals surface area contributed by atoms with Crippen LogP contribution in [-0.4, -0.2) is 19.1 Å². The first kappa shape index (κ1) is 8.35. The molecule has 1 aliphatic carbocycles. The largest absolute Gasteiger partial charge is 0.385 e. The summed E-state index contributed by atoms with van der Waals surface area (Å²) >= 11 is 6.01. The number of alkyl halides is 1. The van der Waals surface area contributed by atoms with Crippen molar-refractivity contribution < 1.29 is 4.74 Å². The first-order valence-electron chi connectivity index (χ1n) is 3.84. The summed E-state index contributed by atoms with van der Waals surface area (Å²) in [6.45, 7) is 2.95. The van der Waals surface area contributed by atoms with E-state index in [4.69, 9.17) is 16.3 Å². The van der Waals surface area contributed by atoms with Crippen molar-refractivity contribution in [2.24, 2.45) is 5.41 Å². The standard InChI is InChI=1S/C8H15ClO/c1-7(9)8(3-4-8)5-6-10-2/h7H,3-6H2,1-2H3. The van der Waals surface area contributed by atoms with Crippen LogP contribution in [0.1, 0.15) is 26.2 Å². The highest BCUT2D eigenvalue weighted by Crippen LogP contribution is 2.53. The molecule has 0 saturated heterocycles. The molecule has 0 bridgehead atoms. The van der Waals surface area contributed by atoms with Crippen LogP contribution >= 0.6 is 11.6 Å². The van der Waals surface area contributed by atoms with E-state index in [2.05, 4.69) is 6.92 Å². The molecule has 0 radical (unpaired) electrons. The number of hydrogen-bond acceptors (Lipinski definition) is 1. The molecule has 1 atom stereocenters. The molecule has 0 N–H and O–H groups in total. The predicted octanol–water partition coefficient (Wildman–Crippen LogP) is 2.43. The first-order valence-corrected chi connectivity index (χ1v) is 4.28. The van der Waals surface area contributed by atoms with Gasteiger partial charge in [-0.25, -0.2) is 0 Å². The van der Waals surface area contributed by atoms with Crippen molar-refractivity contribution >= 4 is 11.6 Å². The zero-order chi connectivity index (χ0) is 7.61. The third kappa shape index (κ3) is 1.64. The van der Waals surface area contributed by atoms with Gasteiger partial charge in [0.15, 0.2) is 0 Å². The van der Waals surface area contributed by atoms with Gasteiger partial charge in [0.2, 0.25) is 0 Å². The molecule has 0 aromatic rings. The molecule has 0 heterocycles. The van der Waals surface area contributed by atoms with Gasteiger partial charge in [-0.1, -0.05) is 0 Å². The monoisotopic (exact) mass is 162 g/mol. The summed E-state index contributed by atoms with van der Waals surface area (Å²) in [5, 5.41) is 0.322. The smallest absolute Gasteiger partial charge is 0.0468 e. The second kappa shape index (κ2) is 3.10. The zero-order valence-corrected chi connectivity index (χ0v) is 7.45. The van der Waals surface area contributed by atoms with Gasteiger partial charge in [-0.3, -0.25) is 0 Å². The zero-order valence-electron chi connectivity index (χ0n) is 6.69. The first-order chi connectivity index (χ1) is 4.71. The lowest BCUT2D eigenvalue weighted by atomic mass is 10.00. The third-order valence-electron chi connectivity index (χ3n) is 2.54. The minimum atomic E-state index is 0.322. The van der Waals surface area contributed by atoms with E-state index in [0.29, 0.717) is 10.8 Å². The number of ether oxygens (including phenoxy) is 1. The van der Waals surface area contributed by atoms with E-state index >= 15 is 0 Å². The van der Waals surface area contributed by atoms with Gasteiger partial charge in [0, 0.05) is 19.1 Å². The second-order valence-electron chi connectivity index (χ2n) is 3.22. The lowest BCUT2D eigenvalue weighted by Gasteiger charge is -2.16. The molecule has 10 heavy (non-hydrogen) atoms. The maximum Gasteiger partial charge on any atom is 0.0468 e. The van der Waals surface area contributed by atoms with Gasteiger partial charge in [0.1, 0.15) is 0 Å². The van der Waals surface area contributed by atoms with Crippen molar-refractivity contribution in [2.45, 2.75) is 31.6 Å².